The van der Waals surface area contributed by atoms with Crippen molar-refractivity contribution >= 4 is 11.6 Å². The third-order valence-corrected chi connectivity index (χ3v) is 3.03. The zero-order valence-electron chi connectivity index (χ0n) is 11.9. The van der Waals surface area contributed by atoms with Crippen LogP contribution in [0.2, 0.25) is 5.02 Å². The Labute approximate surface area is 120 Å². The Morgan fingerprint density at radius 2 is 2.05 bits per heavy atom. The molecule has 0 aromatic heterocycles. The predicted molar refractivity (Wildman–Crippen MR) is 78.4 cm³/mol. The standard InChI is InChI=1S/C15H23ClFNO/c1-11(2)10-18-8-4-5-12(3)19-15-7-6-13(17)9-14(15)16/h6-7,9,11-12,18H,4-5,8,10H2,1-3H3. The Kier molecular flexibility index (Phi) is 7.17. The summed E-state index contributed by atoms with van der Waals surface area (Å²) in [5.74, 6) is 0.875. The van der Waals surface area contributed by atoms with Crippen molar-refractivity contribution in [3.05, 3.63) is 29.0 Å². The molecule has 0 aliphatic carbocycles. The monoisotopic (exact) mass is 287 g/mol. The lowest BCUT2D eigenvalue weighted by molar-refractivity contribution is 0.207. The van der Waals surface area contributed by atoms with Crippen LogP contribution in [0.5, 0.6) is 5.75 Å². The largest absolute Gasteiger partial charge is 0.489 e. The molecule has 0 aliphatic heterocycles. The van der Waals surface area contributed by atoms with Crippen LogP contribution in [0.4, 0.5) is 4.39 Å². The Balaban J connectivity index is 2.25. The van der Waals surface area contributed by atoms with Gasteiger partial charge in [0, 0.05) is 0 Å². The van der Waals surface area contributed by atoms with E-state index < -0.39 is 0 Å². The fourth-order valence-electron chi connectivity index (χ4n) is 1.75. The Bertz CT molecular complexity index is 384. The predicted octanol–water partition coefficient (Wildman–Crippen LogP) is 4.27. The first-order valence-electron chi connectivity index (χ1n) is 6.81. The zero-order chi connectivity index (χ0) is 14.3. The van der Waals surface area contributed by atoms with Crippen molar-refractivity contribution in [2.45, 2.75) is 39.7 Å². The molecule has 0 saturated heterocycles. The van der Waals surface area contributed by atoms with Crippen LogP contribution in [0.1, 0.15) is 33.6 Å². The summed E-state index contributed by atoms with van der Waals surface area (Å²) in [6.45, 7) is 8.41. The minimum absolute atomic E-state index is 0.0730. The van der Waals surface area contributed by atoms with E-state index in [1.165, 1.54) is 12.1 Å². The molecule has 19 heavy (non-hydrogen) atoms. The highest BCUT2D eigenvalue weighted by Gasteiger charge is 2.08. The Morgan fingerprint density at radius 3 is 2.68 bits per heavy atom. The summed E-state index contributed by atoms with van der Waals surface area (Å²) in [5.41, 5.74) is 0. The van der Waals surface area contributed by atoms with Gasteiger partial charge in [0.05, 0.1) is 11.1 Å². The number of hydrogen-bond donors (Lipinski definition) is 1. The van der Waals surface area contributed by atoms with Crippen molar-refractivity contribution in [3.8, 4) is 5.75 Å². The fourth-order valence-corrected chi connectivity index (χ4v) is 1.96. The molecule has 0 amide bonds. The first-order chi connectivity index (χ1) is 8.99. The van der Waals surface area contributed by atoms with Crippen molar-refractivity contribution in [1.82, 2.24) is 5.32 Å². The molecule has 108 valence electrons. The number of benzene rings is 1. The average molecular weight is 288 g/mol. The minimum Gasteiger partial charge on any atom is -0.489 e. The topological polar surface area (TPSA) is 21.3 Å². The van der Waals surface area contributed by atoms with Crippen LogP contribution >= 0.6 is 11.6 Å². The zero-order valence-corrected chi connectivity index (χ0v) is 12.6. The minimum atomic E-state index is -0.345. The number of ether oxygens (including phenoxy) is 1. The first-order valence-corrected chi connectivity index (χ1v) is 7.19. The van der Waals surface area contributed by atoms with E-state index in [0.717, 1.165) is 25.9 Å². The maximum atomic E-state index is 12.9. The van der Waals surface area contributed by atoms with Crippen molar-refractivity contribution < 1.29 is 9.13 Å². The summed E-state index contributed by atoms with van der Waals surface area (Å²) < 4.78 is 18.6. The van der Waals surface area contributed by atoms with Crippen LogP contribution in [0, 0.1) is 11.7 Å². The number of rotatable bonds is 8. The second-order valence-corrected chi connectivity index (χ2v) is 5.65. The molecule has 1 atom stereocenters. The van der Waals surface area contributed by atoms with Crippen molar-refractivity contribution in [2.75, 3.05) is 13.1 Å². The molecule has 0 spiro atoms. The van der Waals surface area contributed by atoms with E-state index in [9.17, 15) is 4.39 Å². The van der Waals surface area contributed by atoms with E-state index in [1.54, 1.807) is 6.07 Å². The maximum Gasteiger partial charge on any atom is 0.138 e. The van der Waals surface area contributed by atoms with E-state index in [0.29, 0.717) is 16.7 Å². The molecule has 0 fully saturated rings. The first kappa shape index (κ1) is 16.3. The molecule has 0 aliphatic rings. The number of nitrogens with one attached hydrogen (secondary N) is 1. The summed E-state index contributed by atoms with van der Waals surface area (Å²) in [7, 11) is 0. The smallest absolute Gasteiger partial charge is 0.138 e. The van der Waals surface area contributed by atoms with Gasteiger partial charge in [-0.3, -0.25) is 0 Å². The summed E-state index contributed by atoms with van der Waals surface area (Å²) in [6.07, 6.45) is 2.06. The quantitative estimate of drug-likeness (QED) is 0.721. The molecule has 0 bridgehead atoms. The molecule has 0 heterocycles. The third-order valence-electron chi connectivity index (χ3n) is 2.74. The highest BCUT2D eigenvalue weighted by atomic mass is 35.5. The van der Waals surface area contributed by atoms with Gasteiger partial charge >= 0.3 is 0 Å². The molecular formula is C15H23ClFNO. The van der Waals surface area contributed by atoms with Gasteiger partial charge in [-0.15, -0.1) is 0 Å². The maximum absolute atomic E-state index is 12.9. The van der Waals surface area contributed by atoms with Gasteiger partial charge in [-0.05, 0) is 57.0 Å². The van der Waals surface area contributed by atoms with Gasteiger partial charge in [0.25, 0.3) is 0 Å². The lowest BCUT2D eigenvalue weighted by atomic mass is 10.2. The molecule has 1 aromatic rings. The highest BCUT2D eigenvalue weighted by Crippen LogP contribution is 2.26. The van der Waals surface area contributed by atoms with Crippen LogP contribution in [0.25, 0.3) is 0 Å². The van der Waals surface area contributed by atoms with Gasteiger partial charge in [-0.1, -0.05) is 25.4 Å². The normalized spacial score (nSPS) is 12.7. The fraction of sp³-hybridized carbons (Fsp3) is 0.600. The molecule has 1 aromatic carbocycles. The highest BCUT2D eigenvalue weighted by molar-refractivity contribution is 6.32. The molecular weight excluding hydrogens is 265 g/mol. The molecule has 2 nitrogen and oxygen atoms in total. The average Bonchev–Trinajstić information content (AvgIpc) is 2.32. The van der Waals surface area contributed by atoms with Gasteiger partial charge in [0.1, 0.15) is 11.6 Å². The van der Waals surface area contributed by atoms with E-state index in [2.05, 4.69) is 19.2 Å². The van der Waals surface area contributed by atoms with Crippen LogP contribution in [-0.4, -0.2) is 19.2 Å². The molecule has 0 radical (unpaired) electrons. The summed E-state index contributed by atoms with van der Waals surface area (Å²) >= 11 is 5.91. The van der Waals surface area contributed by atoms with Crippen LogP contribution in [-0.2, 0) is 0 Å². The second-order valence-electron chi connectivity index (χ2n) is 5.24. The van der Waals surface area contributed by atoms with Crippen molar-refractivity contribution in [2.24, 2.45) is 5.92 Å². The Morgan fingerprint density at radius 1 is 1.32 bits per heavy atom. The molecule has 1 unspecified atom stereocenters. The van der Waals surface area contributed by atoms with Gasteiger partial charge < -0.3 is 10.1 Å². The molecule has 0 saturated carbocycles. The summed E-state index contributed by atoms with van der Waals surface area (Å²) in [4.78, 5) is 0. The van der Waals surface area contributed by atoms with Gasteiger partial charge in [0.15, 0.2) is 0 Å². The lowest BCUT2D eigenvalue weighted by Crippen LogP contribution is -2.22. The number of halogens is 2. The van der Waals surface area contributed by atoms with Crippen LogP contribution in [0.15, 0.2) is 18.2 Å². The molecule has 4 heteroatoms. The van der Waals surface area contributed by atoms with Gasteiger partial charge in [-0.2, -0.15) is 0 Å². The number of hydrogen-bond acceptors (Lipinski definition) is 2. The second kappa shape index (κ2) is 8.39. The lowest BCUT2D eigenvalue weighted by Gasteiger charge is -2.16. The van der Waals surface area contributed by atoms with E-state index >= 15 is 0 Å². The van der Waals surface area contributed by atoms with E-state index in [4.69, 9.17) is 16.3 Å². The summed E-state index contributed by atoms with van der Waals surface area (Å²) in [5, 5.41) is 3.72. The van der Waals surface area contributed by atoms with E-state index in [1.807, 2.05) is 6.92 Å². The van der Waals surface area contributed by atoms with E-state index in [-0.39, 0.29) is 11.9 Å². The Hall–Kier alpha value is -0.800. The SMILES string of the molecule is CC(C)CNCCCC(C)Oc1ccc(F)cc1Cl. The van der Waals surface area contributed by atoms with Crippen LogP contribution < -0.4 is 10.1 Å². The molecule has 1 N–H and O–H groups in total. The van der Waals surface area contributed by atoms with Crippen LogP contribution in [0.3, 0.4) is 0 Å². The van der Waals surface area contributed by atoms with Crippen molar-refractivity contribution in [1.29, 1.82) is 0 Å². The third kappa shape index (κ3) is 6.79. The molecule has 1 rings (SSSR count). The van der Waals surface area contributed by atoms with Gasteiger partial charge in [0.2, 0.25) is 0 Å². The van der Waals surface area contributed by atoms with Crippen molar-refractivity contribution in [3.63, 3.8) is 0 Å². The van der Waals surface area contributed by atoms with Gasteiger partial charge in [-0.25, -0.2) is 4.39 Å². The summed E-state index contributed by atoms with van der Waals surface area (Å²) in [6, 6.07) is 4.21.